The van der Waals surface area contributed by atoms with Crippen LogP contribution in [0.2, 0.25) is 0 Å². The minimum absolute atomic E-state index is 0.0780. The van der Waals surface area contributed by atoms with E-state index >= 15 is 0 Å². The first-order valence-electron chi connectivity index (χ1n) is 9.91. The molecule has 2 heterocycles. The molecule has 3 aromatic rings. The second kappa shape index (κ2) is 7.98. The Morgan fingerprint density at radius 2 is 1.54 bits per heavy atom. The van der Waals surface area contributed by atoms with Gasteiger partial charge in [-0.3, -0.25) is 4.79 Å². The number of likely N-dealkylation sites (N-methyl/N-ethyl adjacent to an activating group) is 1. The second-order valence-corrected chi connectivity index (χ2v) is 7.15. The Labute approximate surface area is 166 Å². The van der Waals surface area contributed by atoms with Crippen LogP contribution in [0.1, 0.15) is 23.0 Å². The summed E-state index contributed by atoms with van der Waals surface area (Å²) in [4.78, 5) is 17.9. The lowest BCUT2D eigenvalue weighted by Gasteiger charge is -2.34. The highest BCUT2D eigenvalue weighted by Crippen LogP contribution is 2.30. The molecular formula is C23H26N4O. The van der Waals surface area contributed by atoms with Crippen LogP contribution in [-0.2, 0) is 0 Å². The fourth-order valence-electron chi connectivity index (χ4n) is 3.83. The number of aromatic nitrogens is 2. The van der Waals surface area contributed by atoms with Crippen LogP contribution >= 0.6 is 0 Å². The van der Waals surface area contributed by atoms with Crippen LogP contribution in [0, 0.1) is 6.92 Å². The standard InChI is InChI=1S/C23H26N4O/c1-3-25-14-16-26(17-15-25)23(28)21-18(2)24-27(20-12-8-5-9-13-20)22(21)19-10-6-4-7-11-19/h4-13H,3,14-17H2,1-2H3. The van der Waals surface area contributed by atoms with Crippen molar-refractivity contribution < 1.29 is 4.79 Å². The van der Waals surface area contributed by atoms with E-state index in [1.165, 1.54) is 0 Å². The molecule has 0 unspecified atom stereocenters. The van der Waals surface area contributed by atoms with Crippen molar-refractivity contribution in [3.63, 3.8) is 0 Å². The number of hydrogen-bond donors (Lipinski definition) is 0. The van der Waals surface area contributed by atoms with Gasteiger partial charge in [0.15, 0.2) is 0 Å². The fraction of sp³-hybridized carbons (Fsp3) is 0.304. The van der Waals surface area contributed by atoms with Gasteiger partial charge in [-0.15, -0.1) is 0 Å². The van der Waals surface area contributed by atoms with Gasteiger partial charge in [-0.25, -0.2) is 4.68 Å². The van der Waals surface area contributed by atoms with E-state index in [0.717, 1.165) is 55.4 Å². The van der Waals surface area contributed by atoms with Crippen LogP contribution < -0.4 is 0 Å². The number of amides is 1. The molecule has 1 aliphatic heterocycles. The number of hydrogen-bond acceptors (Lipinski definition) is 3. The van der Waals surface area contributed by atoms with Crippen molar-refractivity contribution in [3.8, 4) is 16.9 Å². The quantitative estimate of drug-likeness (QED) is 0.700. The lowest BCUT2D eigenvalue weighted by atomic mass is 10.0. The molecule has 28 heavy (non-hydrogen) atoms. The predicted molar refractivity (Wildman–Crippen MR) is 112 cm³/mol. The van der Waals surface area contributed by atoms with Gasteiger partial charge in [-0.2, -0.15) is 5.10 Å². The van der Waals surface area contributed by atoms with Gasteiger partial charge < -0.3 is 9.80 Å². The molecule has 0 atom stereocenters. The smallest absolute Gasteiger partial charge is 0.258 e. The highest BCUT2D eigenvalue weighted by Gasteiger charge is 2.29. The molecule has 4 rings (SSSR count). The maximum atomic E-state index is 13.5. The molecule has 5 nitrogen and oxygen atoms in total. The summed E-state index contributed by atoms with van der Waals surface area (Å²) >= 11 is 0. The van der Waals surface area contributed by atoms with E-state index in [1.54, 1.807) is 0 Å². The van der Waals surface area contributed by atoms with E-state index in [4.69, 9.17) is 5.10 Å². The Bertz CT molecular complexity index is 941. The number of aryl methyl sites for hydroxylation is 1. The van der Waals surface area contributed by atoms with Gasteiger partial charge in [-0.05, 0) is 25.6 Å². The first kappa shape index (κ1) is 18.4. The summed E-state index contributed by atoms with van der Waals surface area (Å²) in [7, 11) is 0. The van der Waals surface area contributed by atoms with E-state index < -0.39 is 0 Å². The van der Waals surface area contributed by atoms with Crippen LogP contribution in [0.15, 0.2) is 60.7 Å². The van der Waals surface area contributed by atoms with Crippen LogP contribution in [-0.4, -0.2) is 58.2 Å². The summed E-state index contributed by atoms with van der Waals surface area (Å²) in [6, 6.07) is 20.1. The molecule has 1 fully saturated rings. The molecule has 1 saturated heterocycles. The van der Waals surface area contributed by atoms with E-state index in [0.29, 0.717) is 5.56 Å². The SMILES string of the molecule is CCN1CCN(C(=O)c2c(C)nn(-c3ccccc3)c2-c2ccccc2)CC1. The molecule has 5 heteroatoms. The zero-order valence-electron chi connectivity index (χ0n) is 16.5. The number of carbonyl (C=O) groups is 1. The van der Waals surface area contributed by atoms with E-state index in [2.05, 4.69) is 11.8 Å². The van der Waals surface area contributed by atoms with E-state index in [9.17, 15) is 4.79 Å². The molecule has 1 amide bonds. The molecule has 0 bridgehead atoms. The molecule has 0 radical (unpaired) electrons. The monoisotopic (exact) mass is 374 g/mol. The van der Waals surface area contributed by atoms with Crippen molar-refractivity contribution in [2.24, 2.45) is 0 Å². The molecule has 0 saturated carbocycles. The number of nitrogens with zero attached hydrogens (tertiary/aromatic N) is 4. The van der Waals surface area contributed by atoms with E-state index in [-0.39, 0.29) is 5.91 Å². The van der Waals surface area contributed by atoms with Crippen molar-refractivity contribution in [2.45, 2.75) is 13.8 Å². The lowest BCUT2D eigenvalue weighted by Crippen LogP contribution is -2.48. The zero-order valence-corrected chi connectivity index (χ0v) is 16.5. The van der Waals surface area contributed by atoms with Gasteiger partial charge in [-0.1, -0.05) is 55.5 Å². The minimum atomic E-state index is 0.0780. The predicted octanol–water partition coefficient (Wildman–Crippen LogP) is 3.63. The molecular weight excluding hydrogens is 348 g/mol. The van der Waals surface area contributed by atoms with Crippen LogP contribution in [0.5, 0.6) is 0 Å². The number of para-hydroxylation sites is 1. The summed E-state index contributed by atoms with van der Waals surface area (Å²) in [6.45, 7) is 8.50. The van der Waals surface area contributed by atoms with E-state index in [1.807, 2.05) is 77.2 Å². The minimum Gasteiger partial charge on any atom is -0.336 e. The lowest BCUT2D eigenvalue weighted by molar-refractivity contribution is 0.0643. The van der Waals surface area contributed by atoms with Crippen molar-refractivity contribution in [1.82, 2.24) is 19.6 Å². The Hall–Kier alpha value is -2.92. The summed E-state index contributed by atoms with van der Waals surface area (Å²) < 4.78 is 1.90. The van der Waals surface area contributed by atoms with Gasteiger partial charge in [0.2, 0.25) is 0 Å². The fourth-order valence-corrected chi connectivity index (χ4v) is 3.83. The third-order valence-corrected chi connectivity index (χ3v) is 5.43. The number of rotatable bonds is 4. The third-order valence-electron chi connectivity index (χ3n) is 5.43. The Balaban J connectivity index is 1.79. The van der Waals surface area contributed by atoms with Crippen LogP contribution in [0.4, 0.5) is 0 Å². The second-order valence-electron chi connectivity index (χ2n) is 7.15. The normalized spacial score (nSPS) is 15.0. The van der Waals surface area contributed by atoms with Gasteiger partial charge in [0.05, 0.1) is 22.6 Å². The van der Waals surface area contributed by atoms with Crippen LogP contribution in [0.25, 0.3) is 16.9 Å². The van der Waals surface area contributed by atoms with Crippen molar-refractivity contribution in [1.29, 1.82) is 0 Å². The number of benzene rings is 2. The largest absolute Gasteiger partial charge is 0.336 e. The van der Waals surface area contributed by atoms with Crippen molar-refractivity contribution in [2.75, 3.05) is 32.7 Å². The highest BCUT2D eigenvalue weighted by atomic mass is 16.2. The van der Waals surface area contributed by atoms with Crippen molar-refractivity contribution >= 4 is 5.91 Å². The number of carbonyl (C=O) groups excluding carboxylic acids is 1. The molecule has 0 spiro atoms. The zero-order chi connectivity index (χ0) is 19.5. The molecule has 2 aromatic carbocycles. The molecule has 1 aliphatic rings. The van der Waals surface area contributed by atoms with Gasteiger partial charge in [0.25, 0.3) is 5.91 Å². The average molecular weight is 374 g/mol. The average Bonchev–Trinajstić information content (AvgIpc) is 3.11. The highest BCUT2D eigenvalue weighted by molar-refractivity contribution is 6.01. The topological polar surface area (TPSA) is 41.4 Å². The van der Waals surface area contributed by atoms with Gasteiger partial charge in [0, 0.05) is 31.7 Å². The maximum absolute atomic E-state index is 13.5. The summed E-state index contributed by atoms with van der Waals surface area (Å²) in [6.07, 6.45) is 0. The van der Waals surface area contributed by atoms with Crippen molar-refractivity contribution in [3.05, 3.63) is 71.9 Å². The molecule has 0 N–H and O–H groups in total. The van der Waals surface area contributed by atoms with Gasteiger partial charge >= 0.3 is 0 Å². The Morgan fingerprint density at radius 3 is 2.14 bits per heavy atom. The first-order chi connectivity index (χ1) is 13.7. The third kappa shape index (κ3) is 3.45. The summed E-state index contributed by atoms with van der Waals surface area (Å²) in [5.41, 5.74) is 4.31. The molecule has 0 aliphatic carbocycles. The summed E-state index contributed by atoms with van der Waals surface area (Å²) in [5.74, 6) is 0.0780. The van der Waals surface area contributed by atoms with Crippen LogP contribution in [0.3, 0.4) is 0 Å². The molecule has 144 valence electrons. The summed E-state index contributed by atoms with van der Waals surface area (Å²) in [5, 5.41) is 4.76. The number of piperazine rings is 1. The van der Waals surface area contributed by atoms with Gasteiger partial charge in [0.1, 0.15) is 0 Å². The molecule has 1 aromatic heterocycles. The maximum Gasteiger partial charge on any atom is 0.258 e. The Kier molecular flexibility index (Phi) is 5.26. The Morgan fingerprint density at radius 1 is 0.929 bits per heavy atom. The first-order valence-corrected chi connectivity index (χ1v) is 9.91.